The van der Waals surface area contributed by atoms with E-state index in [1.807, 2.05) is 6.20 Å². The minimum atomic E-state index is -3.42. The number of rotatable bonds is 5. The minimum absolute atomic E-state index is 0.0844. The summed E-state index contributed by atoms with van der Waals surface area (Å²) in [6.45, 7) is 3.90. The van der Waals surface area contributed by atoms with E-state index in [0.29, 0.717) is 45.4 Å². The van der Waals surface area contributed by atoms with Crippen molar-refractivity contribution in [3.8, 4) is 0 Å². The molecule has 3 rings (SSSR count). The van der Waals surface area contributed by atoms with E-state index >= 15 is 0 Å². The third kappa shape index (κ3) is 4.34. The molecule has 1 aromatic heterocycles. The van der Waals surface area contributed by atoms with Gasteiger partial charge in [-0.3, -0.25) is 4.79 Å². The number of carbonyl (C=O) groups excluding carboxylic acids is 1. The highest BCUT2D eigenvalue weighted by molar-refractivity contribution is 7.86. The predicted molar refractivity (Wildman–Crippen MR) is 107 cm³/mol. The Bertz CT molecular complexity index is 920. The first-order valence-corrected chi connectivity index (χ1v) is 10.7. The molecule has 2 aromatic rings. The number of benzene rings is 1. The second-order valence-corrected chi connectivity index (χ2v) is 9.43. The van der Waals surface area contributed by atoms with Crippen LogP contribution in [0.1, 0.15) is 24.0 Å². The van der Waals surface area contributed by atoms with Crippen LogP contribution in [0.15, 0.2) is 24.4 Å². The van der Waals surface area contributed by atoms with E-state index in [1.165, 1.54) is 33.7 Å². The molecule has 1 aliphatic rings. The average Bonchev–Trinajstić information content (AvgIpc) is 2.85. The van der Waals surface area contributed by atoms with Gasteiger partial charge in [-0.15, -0.1) is 0 Å². The standard InChI is InChI=1S/C19H28N4O3S/c1-15-5-7-18-17(13-15)16(14-20-18)6-8-19(24)22-9-4-10-23(12-11-22)27(25,26)21(2)3/h5,7,13-14,20H,4,6,8-12H2,1-3H3. The molecule has 27 heavy (non-hydrogen) atoms. The lowest BCUT2D eigenvalue weighted by Gasteiger charge is -2.24. The van der Waals surface area contributed by atoms with E-state index in [9.17, 15) is 13.2 Å². The molecule has 1 fully saturated rings. The van der Waals surface area contributed by atoms with E-state index in [-0.39, 0.29) is 5.91 Å². The van der Waals surface area contributed by atoms with Crippen LogP contribution in [-0.2, 0) is 21.4 Å². The predicted octanol–water partition coefficient (Wildman–Crippen LogP) is 1.75. The Balaban J connectivity index is 1.60. The maximum Gasteiger partial charge on any atom is 0.281 e. The van der Waals surface area contributed by atoms with Crippen molar-refractivity contribution >= 4 is 27.0 Å². The fourth-order valence-electron chi connectivity index (χ4n) is 3.50. The van der Waals surface area contributed by atoms with Crippen LogP contribution in [0.5, 0.6) is 0 Å². The summed E-state index contributed by atoms with van der Waals surface area (Å²) < 4.78 is 27.3. The van der Waals surface area contributed by atoms with E-state index in [0.717, 1.165) is 11.1 Å². The first-order chi connectivity index (χ1) is 12.8. The number of aromatic amines is 1. The summed E-state index contributed by atoms with van der Waals surface area (Å²) >= 11 is 0. The number of hydrogen-bond donors (Lipinski definition) is 1. The van der Waals surface area contributed by atoms with Crippen molar-refractivity contribution < 1.29 is 13.2 Å². The van der Waals surface area contributed by atoms with Gasteiger partial charge in [0.15, 0.2) is 0 Å². The molecule has 0 spiro atoms. The Kier molecular flexibility index (Phi) is 5.88. The summed E-state index contributed by atoms with van der Waals surface area (Å²) in [5, 5.41) is 1.17. The molecule has 1 saturated heterocycles. The van der Waals surface area contributed by atoms with E-state index in [1.54, 1.807) is 4.90 Å². The van der Waals surface area contributed by atoms with Crippen molar-refractivity contribution in [3.05, 3.63) is 35.5 Å². The highest BCUT2D eigenvalue weighted by Gasteiger charge is 2.28. The zero-order valence-electron chi connectivity index (χ0n) is 16.2. The Hall–Kier alpha value is -1.90. The molecule has 1 amide bonds. The fourth-order valence-corrected chi connectivity index (χ4v) is 4.64. The van der Waals surface area contributed by atoms with Gasteiger partial charge < -0.3 is 9.88 Å². The zero-order chi connectivity index (χ0) is 19.6. The van der Waals surface area contributed by atoms with Gasteiger partial charge in [-0.25, -0.2) is 0 Å². The summed E-state index contributed by atoms with van der Waals surface area (Å²) in [6.07, 6.45) is 3.75. The molecule has 1 N–H and O–H groups in total. The second kappa shape index (κ2) is 8.00. The fraction of sp³-hybridized carbons (Fsp3) is 0.526. The summed E-state index contributed by atoms with van der Waals surface area (Å²) in [4.78, 5) is 17.7. The molecule has 8 heteroatoms. The molecular weight excluding hydrogens is 364 g/mol. The first kappa shape index (κ1) is 19.9. The molecule has 0 aliphatic carbocycles. The monoisotopic (exact) mass is 392 g/mol. The molecule has 0 bridgehead atoms. The van der Waals surface area contributed by atoms with E-state index in [4.69, 9.17) is 0 Å². The molecular formula is C19H28N4O3S. The third-order valence-electron chi connectivity index (χ3n) is 5.13. The van der Waals surface area contributed by atoms with Gasteiger partial charge in [0.05, 0.1) is 0 Å². The summed E-state index contributed by atoms with van der Waals surface area (Å²) in [6, 6.07) is 6.27. The molecule has 148 valence electrons. The van der Waals surface area contributed by atoms with Crippen molar-refractivity contribution in [3.63, 3.8) is 0 Å². The molecule has 0 radical (unpaired) electrons. The van der Waals surface area contributed by atoms with Crippen LogP contribution < -0.4 is 0 Å². The van der Waals surface area contributed by atoms with Gasteiger partial charge in [0, 0.05) is 63.8 Å². The number of hydrogen-bond acceptors (Lipinski definition) is 3. The molecule has 7 nitrogen and oxygen atoms in total. The van der Waals surface area contributed by atoms with Gasteiger partial charge in [-0.05, 0) is 37.5 Å². The number of nitrogens with zero attached hydrogens (tertiary/aromatic N) is 3. The number of aryl methyl sites for hydroxylation is 2. The lowest BCUT2D eigenvalue weighted by atomic mass is 10.1. The van der Waals surface area contributed by atoms with Crippen LogP contribution in [0.3, 0.4) is 0 Å². The Labute approximate surface area is 161 Å². The molecule has 1 aliphatic heterocycles. The van der Waals surface area contributed by atoms with Crippen molar-refractivity contribution in [2.75, 3.05) is 40.3 Å². The van der Waals surface area contributed by atoms with Gasteiger partial charge in [-0.1, -0.05) is 11.6 Å². The SMILES string of the molecule is Cc1ccc2[nH]cc(CCC(=O)N3CCCN(S(=O)(=O)N(C)C)CC3)c2c1. The van der Waals surface area contributed by atoms with E-state index < -0.39 is 10.2 Å². The quantitative estimate of drug-likeness (QED) is 0.842. The number of amides is 1. The van der Waals surface area contributed by atoms with Gasteiger partial charge in [-0.2, -0.15) is 17.0 Å². The van der Waals surface area contributed by atoms with Gasteiger partial charge in [0.25, 0.3) is 10.2 Å². The number of carbonyl (C=O) groups is 1. The molecule has 0 unspecified atom stereocenters. The van der Waals surface area contributed by atoms with Crippen molar-refractivity contribution in [1.82, 2.24) is 18.5 Å². The van der Waals surface area contributed by atoms with Gasteiger partial charge in [0.2, 0.25) is 5.91 Å². The number of nitrogens with one attached hydrogen (secondary N) is 1. The van der Waals surface area contributed by atoms with Crippen molar-refractivity contribution in [2.24, 2.45) is 0 Å². The number of fused-ring (bicyclic) bond motifs is 1. The molecule has 1 aromatic carbocycles. The Morgan fingerprint density at radius 1 is 1.19 bits per heavy atom. The normalized spacial score (nSPS) is 16.8. The topological polar surface area (TPSA) is 76.7 Å². The largest absolute Gasteiger partial charge is 0.361 e. The van der Waals surface area contributed by atoms with Gasteiger partial charge in [0.1, 0.15) is 0 Å². The van der Waals surface area contributed by atoms with Crippen LogP contribution in [0.4, 0.5) is 0 Å². The average molecular weight is 393 g/mol. The van der Waals surface area contributed by atoms with Crippen LogP contribution in [-0.4, -0.2) is 73.1 Å². The van der Waals surface area contributed by atoms with E-state index in [2.05, 4.69) is 30.1 Å². The van der Waals surface area contributed by atoms with Crippen LogP contribution >= 0.6 is 0 Å². The smallest absolute Gasteiger partial charge is 0.281 e. The second-order valence-electron chi connectivity index (χ2n) is 7.29. The summed E-state index contributed by atoms with van der Waals surface area (Å²) in [5.74, 6) is 0.0844. The summed E-state index contributed by atoms with van der Waals surface area (Å²) in [5.41, 5.74) is 3.43. The minimum Gasteiger partial charge on any atom is -0.361 e. The molecule has 2 heterocycles. The first-order valence-electron chi connectivity index (χ1n) is 9.31. The van der Waals surface area contributed by atoms with Crippen LogP contribution in [0.2, 0.25) is 0 Å². The molecule has 0 atom stereocenters. The number of H-pyrrole nitrogens is 1. The van der Waals surface area contributed by atoms with Crippen molar-refractivity contribution in [1.29, 1.82) is 0 Å². The highest BCUT2D eigenvalue weighted by Crippen LogP contribution is 2.21. The highest BCUT2D eigenvalue weighted by atomic mass is 32.2. The molecule has 0 saturated carbocycles. The Morgan fingerprint density at radius 3 is 2.70 bits per heavy atom. The third-order valence-corrected chi connectivity index (χ3v) is 7.07. The lowest BCUT2D eigenvalue weighted by molar-refractivity contribution is -0.131. The summed E-state index contributed by atoms with van der Waals surface area (Å²) in [7, 11) is -0.356. The maximum atomic E-state index is 12.7. The van der Waals surface area contributed by atoms with Crippen molar-refractivity contribution in [2.45, 2.75) is 26.2 Å². The zero-order valence-corrected chi connectivity index (χ0v) is 17.1. The maximum absolute atomic E-state index is 12.7. The van der Waals surface area contributed by atoms with Crippen LogP contribution in [0, 0.1) is 6.92 Å². The number of aromatic nitrogens is 1. The Morgan fingerprint density at radius 2 is 1.96 bits per heavy atom. The van der Waals surface area contributed by atoms with Crippen LogP contribution in [0.25, 0.3) is 10.9 Å². The lowest BCUT2D eigenvalue weighted by Crippen LogP contribution is -2.42. The van der Waals surface area contributed by atoms with Gasteiger partial charge >= 0.3 is 0 Å².